The fourth-order valence-electron chi connectivity index (χ4n) is 3.69. The van der Waals surface area contributed by atoms with Gasteiger partial charge in [0, 0.05) is 22.2 Å². The number of halogens is 2. The van der Waals surface area contributed by atoms with Crippen LogP contribution in [0.5, 0.6) is 0 Å². The van der Waals surface area contributed by atoms with Crippen molar-refractivity contribution in [2.45, 2.75) is 61.5 Å². The number of hydrogen-bond donors (Lipinski definition) is 0. The zero-order chi connectivity index (χ0) is 13.8. The Morgan fingerprint density at radius 3 is 2.47 bits per heavy atom. The lowest BCUT2D eigenvalue weighted by atomic mass is 9.81. The Balaban J connectivity index is 2.15. The van der Waals surface area contributed by atoms with E-state index in [-0.39, 0.29) is 8.96 Å². The molecule has 1 unspecified atom stereocenters. The molecule has 1 aromatic carbocycles. The highest BCUT2D eigenvalue weighted by Crippen LogP contribution is 2.57. The molecule has 1 nitrogen and oxygen atoms in total. The summed E-state index contributed by atoms with van der Waals surface area (Å²) in [5.41, 5.74) is 2.93. The quantitative estimate of drug-likeness (QED) is 0.347. The van der Waals surface area contributed by atoms with Crippen LogP contribution in [0, 0.1) is 0 Å². The molecule has 1 saturated carbocycles. The zero-order valence-electron chi connectivity index (χ0n) is 11.8. The highest BCUT2D eigenvalue weighted by molar-refractivity contribution is 14.1. The van der Waals surface area contributed by atoms with Crippen molar-refractivity contribution in [1.82, 2.24) is 0 Å². The first-order chi connectivity index (χ1) is 8.85. The van der Waals surface area contributed by atoms with Gasteiger partial charge in [0.25, 0.3) is 0 Å². The van der Waals surface area contributed by atoms with E-state index in [9.17, 15) is 0 Å². The molecule has 0 saturated heterocycles. The first-order valence-electron chi connectivity index (χ1n) is 7.14. The van der Waals surface area contributed by atoms with Crippen molar-refractivity contribution in [3.63, 3.8) is 0 Å². The minimum absolute atomic E-state index is 0.118. The van der Waals surface area contributed by atoms with Gasteiger partial charge in [-0.1, -0.05) is 60.9 Å². The molecule has 0 N–H and O–H groups in total. The van der Waals surface area contributed by atoms with Crippen molar-refractivity contribution in [2.24, 2.45) is 0 Å². The predicted molar refractivity (Wildman–Crippen MR) is 91.6 cm³/mol. The van der Waals surface area contributed by atoms with Crippen LogP contribution >= 0.6 is 34.2 Å². The Hall–Kier alpha value is 0.0400. The topological polar surface area (TPSA) is 3.24 Å². The molecule has 1 atom stereocenters. The van der Waals surface area contributed by atoms with Gasteiger partial charge in [-0.05, 0) is 43.5 Å². The average molecular weight is 390 g/mol. The summed E-state index contributed by atoms with van der Waals surface area (Å²) in [7, 11) is 0. The van der Waals surface area contributed by atoms with Gasteiger partial charge in [0.15, 0.2) is 0 Å². The maximum Gasteiger partial charge on any atom is 0.0983 e. The van der Waals surface area contributed by atoms with Crippen molar-refractivity contribution in [1.29, 1.82) is 0 Å². The van der Waals surface area contributed by atoms with Crippen molar-refractivity contribution >= 4 is 39.9 Å². The Morgan fingerprint density at radius 2 is 1.84 bits per heavy atom. The molecule has 0 bridgehead atoms. The molecule has 0 spiro atoms. The molecule has 0 radical (unpaired) electrons. The van der Waals surface area contributed by atoms with Gasteiger partial charge in [-0.25, -0.2) is 0 Å². The summed E-state index contributed by atoms with van der Waals surface area (Å²) < 4.78 is 0.118. The lowest BCUT2D eigenvalue weighted by Crippen LogP contribution is -2.51. The Kier molecular flexibility index (Phi) is 3.33. The molecule has 3 heteroatoms. The average Bonchev–Trinajstić information content (AvgIpc) is 2.88. The van der Waals surface area contributed by atoms with Crippen molar-refractivity contribution in [3.8, 4) is 0 Å². The summed E-state index contributed by atoms with van der Waals surface area (Å²) in [6, 6.07) is 7.13. The Morgan fingerprint density at radius 1 is 1.21 bits per heavy atom. The van der Waals surface area contributed by atoms with Crippen LogP contribution in [0.25, 0.3) is 0 Å². The van der Waals surface area contributed by atoms with Crippen molar-refractivity contribution in [3.05, 3.63) is 28.8 Å². The summed E-state index contributed by atoms with van der Waals surface area (Å²) in [6.07, 6.45) is 5.40. The number of fused-ring (bicyclic) bond motifs is 1. The second kappa shape index (κ2) is 4.52. The summed E-state index contributed by atoms with van der Waals surface area (Å²) in [5.74, 6) is 0. The first-order valence-corrected chi connectivity index (χ1v) is 8.59. The predicted octanol–water partition coefficient (Wildman–Crippen LogP) is 5.53. The molecule has 1 aliphatic heterocycles. The molecule has 19 heavy (non-hydrogen) atoms. The summed E-state index contributed by atoms with van der Waals surface area (Å²) in [5, 5.41) is 0.854. The van der Waals surface area contributed by atoms with Crippen molar-refractivity contribution in [2.75, 3.05) is 4.90 Å². The van der Waals surface area contributed by atoms with E-state index < -0.39 is 0 Å². The molecule has 1 heterocycles. The Bertz CT molecular complexity index is 503. The Labute approximate surface area is 134 Å². The number of anilines is 1. The number of rotatable bonds is 1. The lowest BCUT2D eigenvalue weighted by molar-refractivity contribution is 0.395. The second-order valence-corrected chi connectivity index (χ2v) is 9.09. The maximum atomic E-state index is 6.23. The largest absolute Gasteiger partial charge is 0.353 e. The molecular weight excluding hydrogens is 369 g/mol. The smallest absolute Gasteiger partial charge is 0.0983 e. The van der Waals surface area contributed by atoms with Gasteiger partial charge in [-0.3, -0.25) is 0 Å². The van der Waals surface area contributed by atoms with Gasteiger partial charge in [0.1, 0.15) is 0 Å². The lowest BCUT2D eigenvalue weighted by Gasteiger charge is -2.44. The number of nitrogens with zero attached hydrogens (tertiary/aromatic N) is 1. The first kappa shape index (κ1) is 14.0. The molecule has 0 aromatic heterocycles. The van der Waals surface area contributed by atoms with Crippen LogP contribution in [0.15, 0.2) is 18.2 Å². The van der Waals surface area contributed by atoms with Crippen LogP contribution in [-0.4, -0.2) is 9.59 Å². The highest BCUT2D eigenvalue weighted by Gasteiger charge is 2.54. The molecule has 1 aromatic rings. The van der Waals surface area contributed by atoms with E-state index in [1.807, 2.05) is 6.07 Å². The van der Waals surface area contributed by atoms with E-state index in [1.165, 1.54) is 36.9 Å². The maximum absolute atomic E-state index is 6.23. The molecule has 1 aliphatic carbocycles. The second-order valence-electron chi connectivity index (χ2n) is 6.55. The third kappa shape index (κ3) is 1.93. The minimum atomic E-state index is 0.118. The molecular formula is C16H21ClIN. The van der Waals surface area contributed by atoms with E-state index in [0.717, 1.165) is 5.02 Å². The van der Waals surface area contributed by atoms with Gasteiger partial charge in [0.2, 0.25) is 0 Å². The van der Waals surface area contributed by atoms with E-state index in [0.29, 0.717) is 6.04 Å². The monoisotopic (exact) mass is 389 g/mol. The SMILES string of the molecule is CC1(C)c2cc(Cl)ccc2N(C2CCCC2)C1(C)I. The van der Waals surface area contributed by atoms with Crippen molar-refractivity contribution < 1.29 is 0 Å². The van der Waals surface area contributed by atoms with Gasteiger partial charge < -0.3 is 4.90 Å². The number of hydrogen-bond acceptors (Lipinski definition) is 1. The molecule has 104 valence electrons. The molecule has 2 aliphatic rings. The van der Waals surface area contributed by atoms with Gasteiger partial charge >= 0.3 is 0 Å². The van der Waals surface area contributed by atoms with E-state index >= 15 is 0 Å². The third-order valence-electron chi connectivity index (χ3n) is 5.17. The number of benzene rings is 1. The summed E-state index contributed by atoms with van der Waals surface area (Å²) in [6.45, 7) is 7.08. The zero-order valence-corrected chi connectivity index (χ0v) is 14.8. The van der Waals surface area contributed by atoms with Crippen LogP contribution in [0.2, 0.25) is 5.02 Å². The fraction of sp³-hybridized carbons (Fsp3) is 0.625. The van der Waals surface area contributed by atoms with Crippen LogP contribution in [0.4, 0.5) is 5.69 Å². The minimum Gasteiger partial charge on any atom is -0.353 e. The van der Waals surface area contributed by atoms with E-state index in [2.05, 4.69) is 60.4 Å². The normalized spacial score (nSPS) is 29.8. The van der Waals surface area contributed by atoms with Crippen LogP contribution in [0.1, 0.15) is 52.0 Å². The van der Waals surface area contributed by atoms with Crippen LogP contribution in [-0.2, 0) is 5.41 Å². The molecule has 0 amide bonds. The number of alkyl halides is 1. The van der Waals surface area contributed by atoms with Gasteiger partial charge in [-0.15, -0.1) is 0 Å². The molecule has 1 fully saturated rings. The van der Waals surface area contributed by atoms with Gasteiger partial charge in [-0.2, -0.15) is 0 Å². The molecule has 3 rings (SSSR count). The standard InChI is InChI=1S/C16H21ClIN/c1-15(2)13-10-11(17)8-9-14(13)19(16(15,3)18)12-6-4-5-7-12/h8-10,12H,4-7H2,1-3H3. The van der Waals surface area contributed by atoms with Crippen LogP contribution in [0.3, 0.4) is 0 Å². The summed E-state index contributed by atoms with van der Waals surface area (Å²) in [4.78, 5) is 2.67. The van der Waals surface area contributed by atoms with Crippen LogP contribution < -0.4 is 4.90 Å². The fourth-order valence-corrected chi connectivity index (χ4v) is 4.81. The van der Waals surface area contributed by atoms with E-state index in [1.54, 1.807) is 0 Å². The van der Waals surface area contributed by atoms with Gasteiger partial charge in [0.05, 0.1) is 3.55 Å². The summed E-state index contributed by atoms with van der Waals surface area (Å²) >= 11 is 8.88. The van der Waals surface area contributed by atoms with E-state index in [4.69, 9.17) is 11.6 Å². The highest BCUT2D eigenvalue weighted by atomic mass is 127. The third-order valence-corrected chi connectivity index (χ3v) is 7.28.